The monoisotopic (exact) mass is 1090 g/mol. The van der Waals surface area contributed by atoms with Crippen LogP contribution in [0.15, 0.2) is 24.5 Å². The fourth-order valence-corrected chi connectivity index (χ4v) is 3.92. The van der Waals surface area contributed by atoms with Gasteiger partial charge < -0.3 is 0 Å². The van der Waals surface area contributed by atoms with Crippen LogP contribution in [0.3, 0.4) is 0 Å². The summed E-state index contributed by atoms with van der Waals surface area (Å²) in [6.45, 7) is 3.13. The Morgan fingerprint density at radius 1 is 0.521 bits per heavy atom. The highest BCUT2D eigenvalue weighted by molar-refractivity contribution is 6.83. The molecule has 0 fully saturated rings. The second-order valence-electron chi connectivity index (χ2n) is 6.26. The number of hydrogen-bond acceptors (Lipinski definition) is 0. The molecule has 0 saturated carbocycles. The lowest BCUT2D eigenvalue weighted by Gasteiger charge is -2.09. The number of halogens is 30. The topological polar surface area (TPSA) is 0 Å². The zero-order chi connectivity index (χ0) is 40.3. The van der Waals surface area contributed by atoms with Gasteiger partial charge >= 0.3 is 18.5 Å². The Morgan fingerprint density at radius 2 is 0.708 bits per heavy atom. The van der Waals surface area contributed by atoms with Crippen LogP contribution in [0.25, 0.3) is 0 Å². The first kappa shape index (κ1) is 69.7. The fraction of sp³-hybridized carbons (Fsp3) is 0.778. The predicted molar refractivity (Wildman–Crippen MR) is 189 cm³/mol. The smallest absolute Gasteiger partial charge is 0.230 e. The maximum atomic E-state index is 11.2. The Balaban J connectivity index is -0.0000000656. The number of allylic oxidation sites excluding steroid dienone is 1. The van der Waals surface area contributed by atoms with Crippen molar-refractivity contribution in [3.8, 4) is 0 Å². The summed E-state index contributed by atoms with van der Waals surface area (Å²) in [7, 11) is 0. The van der Waals surface area contributed by atoms with Crippen molar-refractivity contribution in [3.63, 3.8) is 0 Å². The summed E-state index contributed by atoms with van der Waals surface area (Å²) >= 11 is 85.7. The van der Waals surface area contributed by atoms with E-state index in [0.29, 0.717) is 0 Å². The summed E-state index contributed by atoms with van der Waals surface area (Å²) in [5.41, 5.74) is -3.40. The zero-order valence-corrected chi connectivity index (χ0v) is 35.6. The van der Waals surface area contributed by atoms with Gasteiger partial charge in [0.05, 0.1) is 19.2 Å². The summed E-state index contributed by atoms with van der Waals surface area (Å²) in [5, 5.41) is 0. The highest BCUT2D eigenvalue weighted by atomic mass is 35.6. The number of alkyl halides is 27. The first-order chi connectivity index (χ1) is 20.1. The first-order valence-electron chi connectivity index (χ1n) is 9.85. The summed E-state index contributed by atoms with van der Waals surface area (Å²) in [5.74, 6) is 0. The van der Waals surface area contributed by atoms with Gasteiger partial charge in [0.2, 0.25) is 0 Å². The molecule has 0 aliphatic heterocycles. The Hall–Kier alpha value is 3.86. The van der Waals surface area contributed by atoms with Gasteiger partial charge in [-0.2, -0.15) is 39.5 Å². The quantitative estimate of drug-likeness (QED) is 0.194. The van der Waals surface area contributed by atoms with E-state index in [0.717, 1.165) is 0 Å². The number of hydrogen-bond donors (Lipinski definition) is 0. The third-order valence-corrected chi connectivity index (χ3v) is 3.65. The maximum Gasteiger partial charge on any atom is 0.411 e. The molecule has 30 heteroatoms. The molecule has 48 heavy (non-hydrogen) atoms. The first-order valence-corrected chi connectivity index (χ1v) is 16.7. The van der Waals surface area contributed by atoms with Crippen molar-refractivity contribution < 1.29 is 52.7 Å². The van der Waals surface area contributed by atoms with Crippen molar-refractivity contribution in [1.29, 1.82) is 0 Å². The molecule has 0 amide bonds. The minimum atomic E-state index is -4.51. The van der Waals surface area contributed by atoms with Crippen LogP contribution in [0.4, 0.5) is 52.7 Å². The van der Waals surface area contributed by atoms with E-state index >= 15 is 0 Å². The lowest BCUT2D eigenvalue weighted by Crippen LogP contribution is -2.11. The van der Waals surface area contributed by atoms with E-state index < -0.39 is 75.5 Å². The van der Waals surface area contributed by atoms with Crippen LogP contribution in [0.1, 0.15) is 25.7 Å². The van der Waals surface area contributed by atoms with Crippen molar-refractivity contribution >= 4 is 210 Å². The third kappa shape index (κ3) is 153. The van der Waals surface area contributed by atoms with Gasteiger partial charge in [-0.15, -0.1) is 58.8 Å². The van der Waals surface area contributed by atoms with Crippen LogP contribution in [-0.4, -0.2) is 50.3 Å². The minimum absolute atomic E-state index is 0. The lowest BCUT2D eigenvalue weighted by molar-refractivity contribution is -0.141. The van der Waals surface area contributed by atoms with Gasteiger partial charge in [0.15, 0.2) is 18.8 Å². The highest BCUT2D eigenvalue weighted by Crippen LogP contribution is 2.34. The molecule has 0 rings (SSSR count). The normalized spacial score (nSPS) is 13.1. The molecule has 0 radical (unpaired) electrons. The molecule has 0 aliphatic carbocycles. The lowest BCUT2D eigenvalue weighted by atomic mass is 10.5. The molecular weight excluding hydrogens is 1080 g/mol. The van der Waals surface area contributed by atoms with Gasteiger partial charge in [0.1, 0.15) is 9.67 Å². The molecule has 0 spiro atoms. The van der Waals surface area contributed by atoms with E-state index in [1.54, 1.807) is 0 Å². The second kappa shape index (κ2) is 36.5. The number of rotatable bonds is 4. The van der Waals surface area contributed by atoms with Crippen LogP contribution in [-0.2, 0) is 0 Å². The maximum absolute atomic E-state index is 11.2. The predicted octanol–water partition coefficient (Wildman–Crippen LogP) is 18.4. The Bertz CT molecular complexity index is 627. The molecule has 0 nitrogen and oxygen atoms in total. The molecule has 0 N–H and O–H groups in total. The molecule has 2 unspecified atom stereocenters. The van der Waals surface area contributed by atoms with Gasteiger partial charge in [-0.1, -0.05) is 157 Å². The van der Waals surface area contributed by atoms with Crippen molar-refractivity contribution in [2.75, 3.05) is 0 Å². The van der Waals surface area contributed by atoms with E-state index in [9.17, 15) is 52.7 Å². The average molecular weight is 1100 g/mol. The molecule has 0 heterocycles. The molecule has 0 aliphatic rings. The Morgan fingerprint density at radius 3 is 0.708 bits per heavy atom. The van der Waals surface area contributed by atoms with E-state index in [1.807, 2.05) is 0 Å². The third-order valence-electron chi connectivity index (χ3n) is 1.80. The van der Waals surface area contributed by atoms with Gasteiger partial charge in [-0.25, -0.2) is 13.2 Å². The SMILES string of the molecule is C=CCl.Cl.ClC(Cl)(Cl)Cl.ClC(Cl)CC(Cl)(Cl)Cl.ClC(Cl)CC(Cl)(Cl)Cl.F/C=C\C(F)(F)F.FC(Cl)CC(F)(F)F.FC(Cl)CC(F)(F)F. The van der Waals surface area contributed by atoms with Gasteiger partial charge in [-0.05, 0) is 5.54 Å². The van der Waals surface area contributed by atoms with Crippen LogP contribution < -0.4 is 0 Å². The molecule has 0 saturated heterocycles. The molecule has 0 bridgehead atoms. The molecule has 300 valence electrons. The summed E-state index contributed by atoms with van der Waals surface area (Å²) in [6, 6.07) is 0. The Labute approximate surface area is 359 Å². The molecule has 0 aromatic carbocycles. The van der Waals surface area contributed by atoms with E-state index in [2.05, 4.69) is 29.8 Å². The molecule has 0 aromatic heterocycles. The molecule has 0 aromatic rings. The van der Waals surface area contributed by atoms with Crippen LogP contribution in [0.5, 0.6) is 0 Å². The van der Waals surface area contributed by atoms with Gasteiger partial charge in [-0.3, -0.25) is 0 Å². The second-order valence-corrected chi connectivity index (χ2v) is 18.5. The van der Waals surface area contributed by atoms with E-state index in [1.165, 1.54) is 5.54 Å². The fourth-order valence-electron chi connectivity index (χ4n) is 0.771. The highest BCUT2D eigenvalue weighted by Gasteiger charge is 2.31. The largest absolute Gasteiger partial charge is 0.411 e. The van der Waals surface area contributed by atoms with Crippen LogP contribution in [0.2, 0.25) is 0 Å². The zero-order valence-electron chi connectivity index (χ0n) is 21.9. The van der Waals surface area contributed by atoms with Crippen molar-refractivity contribution in [3.05, 3.63) is 24.5 Å². The molecular formula is C18H18Cl18F12. The van der Waals surface area contributed by atoms with Crippen LogP contribution in [0, 0.1) is 0 Å². The Kier molecular flexibility index (Phi) is 53.0. The average Bonchev–Trinajstić information content (AvgIpc) is 2.59. The summed E-state index contributed by atoms with van der Waals surface area (Å²) < 4.78 is 127. The van der Waals surface area contributed by atoms with Crippen molar-refractivity contribution in [1.82, 2.24) is 0 Å². The van der Waals surface area contributed by atoms with Gasteiger partial charge in [0.25, 0.3) is 3.25 Å². The van der Waals surface area contributed by atoms with E-state index in [-0.39, 0.29) is 25.2 Å². The summed E-state index contributed by atoms with van der Waals surface area (Å²) in [4.78, 5) is -1.22. The van der Waals surface area contributed by atoms with Crippen molar-refractivity contribution in [2.24, 2.45) is 0 Å². The van der Waals surface area contributed by atoms with E-state index in [4.69, 9.17) is 174 Å². The minimum Gasteiger partial charge on any atom is -0.230 e. The molecule has 2 atom stereocenters. The van der Waals surface area contributed by atoms with Gasteiger partial charge in [0, 0.05) is 18.9 Å². The van der Waals surface area contributed by atoms with Crippen LogP contribution >= 0.6 is 210 Å². The van der Waals surface area contributed by atoms with Crippen molar-refractivity contribution in [2.45, 2.75) is 76.0 Å². The standard InChI is InChI=1S/2C3H3Cl5.2C3H3ClF4.C3H2F4.C2H3Cl.CCl4.ClH/c4*4-2(5)1-3(6,7)8;4-2-1-3(5,6)7;1-2-3;2-1(3,4)5;/h4*2H,1H2;1-2H;2H,1H2;;1H/b;;;;2-1-;;;. The summed E-state index contributed by atoms with van der Waals surface area (Å²) in [6.07, 6.45) is -17.3.